The molecule has 1 aromatic heterocycles. The Morgan fingerprint density at radius 2 is 2.11 bits per heavy atom. The average molecular weight is 307 g/mol. The van der Waals surface area contributed by atoms with E-state index in [0.717, 1.165) is 11.3 Å². The molecule has 0 amide bonds. The number of nitrogens with one attached hydrogen (secondary N) is 1. The van der Waals surface area contributed by atoms with E-state index in [9.17, 15) is 13.2 Å². The molecule has 19 heavy (non-hydrogen) atoms. The molecule has 0 aromatic carbocycles. The van der Waals surface area contributed by atoms with Crippen LogP contribution < -0.4 is 4.72 Å². The van der Waals surface area contributed by atoms with Gasteiger partial charge in [0, 0.05) is 18.5 Å². The van der Waals surface area contributed by atoms with Crippen LogP contribution in [0, 0.1) is 0 Å². The summed E-state index contributed by atoms with van der Waals surface area (Å²) in [6, 6.07) is 2.92. The molecule has 0 saturated carbocycles. The van der Waals surface area contributed by atoms with Crippen LogP contribution in [0.15, 0.2) is 16.3 Å². The van der Waals surface area contributed by atoms with Crippen molar-refractivity contribution in [3.8, 4) is 0 Å². The van der Waals surface area contributed by atoms with E-state index in [1.165, 1.54) is 19.2 Å². The second kappa shape index (κ2) is 6.00. The van der Waals surface area contributed by atoms with Crippen LogP contribution in [-0.4, -0.2) is 38.7 Å². The van der Waals surface area contributed by atoms with Gasteiger partial charge in [-0.05, 0) is 26.0 Å². The zero-order valence-corrected chi connectivity index (χ0v) is 12.6. The van der Waals surface area contributed by atoms with Crippen molar-refractivity contribution >= 4 is 27.3 Å². The Bertz CT molecular complexity index is 547. The predicted molar refractivity (Wildman–Crippen MR) is 71.9 cm³/mol. The summed E-state index contributed by atoms with van der Waals surface area (Å²) in [6.45, 7) is 3.66. The number of thiophene rings is 1. The molecule has 0 aliphatic rings. The van der Waals surface area contributed by atoms with Gasteiger partial charge in [0.1, 0.15) is 4.21 Å². The van der Waals surface area contributed by atoms with Crippen molar-refractivity contribution in [2.24, 2.45) is 0 Å². The lowest BCUT2D eigenvalue weighted by Gasteiger charge is -2.22. The summed E-state index contributed by atoms with van der Waals surface area (Å²) < 4.78 is 31.7. The molecule has 0 atom stereocenters. The van der Waals surface area contributed by atoms with Crippen LogP contribution in [-0.2, 0) is 26.0 Å². The highest BCUT2D eigenvalue weighted by atomic mass is 32.2. The number of sulfonamides is 1. The highest BCUT2D eigenvalue weighted by Crippen LogP contribution is 2.22. The summed E-state index contributed by atoms with van der Waals surface area (Å²) in [5.41, 5.74) is -0.603. The van der Waals surface area contributed by atoms with Crippen LogP contribution in [0.25, 0.3) is 0 Å². The fourth-order valence-electron chi connectivity index (χ4n) is 1.16. The molecule has 0 aliphatic heterocycles. The van der Waals surface area contributed by atoms with Crippen molar-refractivity contribution in [1.82, 2.24) is 4.72 Å². The molecule has 8 heteroatoms. The third-order valence-electron chi connectivity index (χ3n) is 2.47. The molecule has 1 heterocycles. The summed E-state index contributed by atoms with van der Waals surface area (Å²) in [4.78, 5) is 11.0. The van der Waals surface area contributed by atoms with Gasteiger partial charge in [-0.3, -0.25) is 4.79 Å². The van der Waals surface area contributed by atoms with Gasteiger partial charge in [0.05, 0.1) is 12.0 Å². The number of ether oxygens (including phenoxy) is 1. The number of methoxy groups -OCH3 is 1. The molecule has 0 fully saturated rings. The molecule has 1 aromatic rings. The minimum atomic E-state index is -3.62. The Hall–Kier alpha value is -0.960. The minimum absolute atomic E-state index is 0.107. The molecule has 108 valence electrons. The van der Waals surface area contributed by atoms with Gasteiger partial charge in [-0.15, -0.1) is 11.3 Å². The first-order valence-corrected chi connectivity index (χ1v) is 7.81. The molecule has 6 nitrogen and oxygen atoms in total. The lowest BCUT2D eigenvalue weighted by atomic mass is 10.1. The van der Waals surface area contributed by atoms with E-state index in [4.69, 9.17) is 9.84 Å². The van der Waals surface area contributed by atoms with Crippen molar-refractivity contribution in [2.75, 3.05) is 13.7 Å². The molecule has 0 unspecified atom stereocenters. The molecule has 0 radical (unpaired) electrons. The third kappa shape index (κ3) is 4.90. The summed E-state index contributed by atoms with van der Waals surface area (Å²) in [6.07, 6.45) is -0.177. The molecular formula is C11H17NO5S2. The van der Waals surface area contributed by atoms with Crippen LogP contribution in [0.1, 0.15) is 18.7 Å². The second-order valence-corrected chi connectivity index (χ2v) is 7.74. The Balaban J connectivity index is 2.78. The van der Waals surface area contributed by atoms with Crippen molar-refractivity contribution in [1.29, 1.82) is 0 Å². The van der Waals surface area contributed by atoms with Gasteiger partial charge in [0.25, 0.3) is 0 Å². The monoisotopic (exact) mass is 307 g/mol. The summed E-state index contributed by atoms with van der Waals surface area (Å²) in [5.74, 6) is -0.987. The van der Waals surface area contributed by atoms with Crippen LogP contribution in [0.3, 0.4) is 0 Å². The largest absolute Gasteiger partial charge is 0.481 e. The first kappa shape index (κ1) is 16.1. The average Bonchev–Trinajstić information content (AvgIpc) is 2.75. The Morgan fingerprint density at radius 1 is 1.47 bits per heavy atom. The molecule has 0 bridgehead atoms. The molecule has 0 aliphatic carbocycles. The van der Waals surface area contributed by atoms with Crippen molar-refractivity contribution in [3.63, 3.8) is 0 Å². The zero-order valence-electron chi connectivity index (χ0n) is 11.0. The highest BCUT2D eigenvalue weighted by Gasteiger charge is 2.23. The topological polar surface area (TPSA) is 92.7 Å². The van der Waals surface area contributed by atoms with Gasteiger partial charge in [-0.1, -0.05) is 0 Å². The first-order valence-electron chi connectivity index (χ1n) is 5.51. The highest BCUT2D eigenvalue weighted by molar-refractivity contribution is 7.91. The van der Waals surface area contributed by atoms with E-state index in [1.54, 1.807) is 13.8 Å². The number of aliphatic carboxylic acids is 1. The number of carbonyl (C=O) groups is 1. The van der Waals surface area contributed by atoms with Gasteiger partial charge in [-0.25, -0.2) is 13.1 Å². The standard InChI is InChI=1S/C11H17NO5S2/c1-11(2,17-3)7-12-19(15,16)10-5-4-8(18-10)6-9(13)14/h4-5,12H,6-7H2,1-3H3,(H,13,14). The minimum Gasteiger partial charge on any atom is -0.481 e. The van der Waals surface area contributed by atoms with Crippen LogP contribution >= 0.6 is 11.3 Å². The fourth-order valence-corrected chi connectivity index (χ4v) is 3.75. The molecule has 0 saturated heterocycles. The first-order chi connectivity index (χ1) is 8.66. The van der Waals surface area contributed by atoms with E-state index in [-0.39, 0.29) is 17.2 Å². The van der Waals surface area contributed by atoms with Gasteiger partial charge in [0.2, 0.25) is 10.0 Å². The summed E-state index contributed by atoms with van der Waals surface area (Å²) in [7, 11) is -2.12. The van der Waals surface area contributed by atoms with E-state index in [0.29, 0.717) is 4.88 Å². The third-order valence-corrected chi connectivity index (χ3v) is 5.45. The maximum atomic E-state index is 12.0. The maximum absolute atomic E-state index is 12.0. The SMILES string of the molecule is COC(C)(C)CNS(=O)(=O)c1ccc(CC(=O)O)s1. The normalized spacial score (nSPS) is 12.6. The van der Waals surface area contributed by atoms with Gasteiger partial charge >= 0.3 is 5.97 Å². The van der Waals surface area contributed by atoms with Crippen LogP contribution in [0.2, 0.25) is 0 Å². The number of hydrogen-bond donors (Lipinski definition) is 2. The lowest BCUT2D eigenvalue weighted by Crippen LogP contribution is -2.39. The zero-order chi connectivity index (χ0) is 14.7. The van der Waals surface area contributed by atoms with Crippen molar-refractivity contribution < 1.29 is 23.1 Å². The van der Waals surface area contributed by atoms with E-state index >= 15 is 0 Å². The molecule has 2 N–H and O–H groups in total. The van der Waals surface area contributed by atoms with Gasteiger partial charge in [-0.2, -0.15) is 0 Å². The summed E-state index contributed by atoms with van der Waals surface area (Å²) >= 11 is 0.954. The Kier molecular flexibility index (Phi) is 5.08. The van der Waals surface area contributed by atoms with Crippen molar-refractivity contribution in [3.05, 3.63) is 17.0 Å². The number of rotatable bonds is 7. The van der Waals surface area contributed by atoms with Gasteiger partial charge < -0.3 is 9.84 Å². The summed E-state index contributed by atoms with van der Waals surface area (Å²) in [5, 5.41) is 8.65. The van der Waals surface area contributed by atoms with E-state index in [1.807, 2.05) is 0 Å². The molecule has 1 rings (SSSR count). The lowest BCUT2D eigenvalue weighted by molar-refractivity contribution is -0.136. The second-order valence-electron chi connectivity index (χ2n) is 4.58. The number of carboxylic acid groups (broad SMARTS) is 1. The quantitative estimate of drug-likeness (QED) is 0.786. The van der Waals surface area contributed by atoms with Crippen LogP contribution in [0.5, 0.6) is 0 Å². The number of hydrogen-bond acceptors (Lipinski definition) is 5. The molecule has 0 spiro atoms. The van der Waals surface area contributed by atoms with E-state index < -0.39 is 21.6 Å². The van der Waals surface area contributed by atoms with E-state index in [2.05, 4.69) is 4.72 Å². The van der Waals surface area contributed by atoms with Gasteiger partial charge in [0.15, 0.2) is 0 Å². The predicted octanol–water partition coefficient (Wildman–Crippen LogP) is 1.08. The molecular weight excluding hydrogens is 290 g/mol. The maximum Gasteiger partial charge on any atom is 0.308 e. The Morgan fingerprint density at radius 3 is 2.63 bits per heavy atom. The number of carboxylic acids is 1. The fraction of sp³-hybridized carbons (Fsp3) is 0.545. The smallest absolute Gasteiger partial charge is 0.308 e. The van der Waals surface area contributed by atoms with Crippen molar-refractivity contribution in [2.45, 2.75) is 30.1 Å². The Labute approximate surface area is 116 Å². The van der Waals surface area contributed by atoms with Crippen LogP contribution in [0.4, 0.5) is 0 Å².